The number of hydrogen-bond donors (Lipinski definition) is 1. The molecule has 100 valence electrons. The smallest absolute Gasteiger partial charge is 0.101 e. The molecule has 3 rings (SSSR count). The largest absolute Gasteiger partial charge is 0.398 e. The summed E-state index contributed by atoms with van der Waals surface area (Å²) >= 11 is 0. The molecule has 0 saturated heterocycles. The van der Waals surface area contributed by atoms with Gasteiger partial charge in [0.15, 0.2) is 0 Å². The molecule has 2 aromatic rings. The lowest BCUT2D eigenvalue weighted by molar-refractivity contribution is 0.794. The summed E-state index contributed by atoms with van der Waals surface area (Å²) in [6.07, 6.45) is 2.37. The fourth-order valence-corrected chi connectivity index (χ4v) is 2.48. The van der Waals surface area contributed by atoms with Gasteiger partial charge in [0.2, 0.25) is 0 Å². The van der Waals surface area contributed by atoms with Crippen molar-refractivity contribution in [2.75, 3.05) is 10.6 Å². The van der Waals surface area contributed by atoms with Crippen molar-refractivity contribution < 1.29 is 0 Å². The first-order valence-electron chi connectivity index (χ1n) is 6.89. The van der Waals surface area contributed by atoms with E-state index in [-0.39, 0.29) is 0 Å². The zero-order chi connectivity index (χ0) is 13.9. The van der Waals surface area contributed by atoms with Gasteiger partial charge in [0.1, 0.15) is 6.07 Å². The van der Waals surface area contributed by atoms with Crippen LogP contribution in [0.5, 0.6) is 0 Å². The van der Waals surface area contributed by atoms with Gasteiger partial charge in [-0.3, -0.25) is 0 Å². The maximum atomic E-state index is 9.29. The Balaban J connectivity index is 1.94. The molecule has 3 heteroatoms. The Morgan fingerprint density at radius 3 is 2.50 bits per heavy atom. The van der Waals surface area contributed by atoms with E-state index in [1.54, 1.807) is 0 Å². The summed E-state index contributed by atoms with van der Waals surface area (Å²) < 4.78 is 0. The molecule has 2 aromatic carbocycles. The lowest BCUT2D eigenvalue weighted by Crippen LogP contribution is -2.26. The standard InChI is InChI=1S/C17H17N3/c18-11-13-5-2-4-8-17(13)20(15-9-10-15)12-14-6-1-3-7-16(14)19/h1-8,15H,9-10,12,19H2. The normalized spacial score (nSPS) is 13.8. The van der Waals surface area contributed by atoms with Crippen LogP contribution < -0.4 is 10.6 Å². The van der Waals surface area contributed by atoms with Crippen LogP contribution in [-0.4, -0.2) is 6.04 Å². The molecule has 0 bridgehead atoms. The molecule has 0 radical (unpaired) electrons. The van der Waals surface area contributed by atoms with Gasteiger partial charge >= 0.3 is 0 Å². The second-order valence-corrected chi connectivity index (χ2v) is 5.19. The number of para-hydroxylation sites is 2. The molecule has 1 saturated carbocycles. The number of nitrogens with zero attached hydrogens (tertiary/aromatic N) is 2. The molecule has 1 aliphatic carbocycles. The zero-order valence-corrected chi connectivity index (χ0v) is 11.3. The highest BCUT2D eigenvalue weighted by Crippen LogP contribution is 2.35. The number of benzene rings is 2. The molecule has 0 unspecified atom stereocenters. The van der Waals surface area contributed by atoms with Gasteiger partial charge in [0.25, 0.3) is 0 Å². The first-order chi connectivity index (χ1) is 9.79. The van der Waals surface area contributed by atoms with E-state index in [0.29, 0.717) is 6.04 Å². The van der Waals surface area contributed by atoms with Gasteiger partial charge in [-0.1, -0.05) is 30.3 Å². The van der Waals surface area contributed by atoms with Gasteiger partial charge in [0, 0.05) is 18.3 Å². The SMILES string of the molecule is N#Cc1ccccc1N(Cc1ccccc1N)C1CC1. The van der Waals surface area contributed by atoms with Crippen molar-refractivity contribution in [1.82, 2.24) is 0 Å². The lowest BCUT2D eigenvalue weighted by atomic mass is 10.1. The van der Waals surface area contributed by atoms with Gasteiger partial charge < -0.3 is 10.6 Å². The van der Waals surface area contributed by atoms with Crippen molar-refractivity contribution in [3.8, 4) is 6.07 Å². The summed E-state index contributed by atoms with van der Waals surface area (Å²) in [6.45, 7) is 0.760. The third-order valence-corrected chi connectivity index (χ3v) is 3.72. The summed E-state index contributed by atoms with van der Waals surface area (Å²) in [5.41, 5.74) is 9.72. The Labute approximate surface area is 119 Å². The van der Waals surface area contributed by atoms with Crippen LogP contribution in [0.4, 0.5) is 11.4 Å². The fraction of sp³-hybridized carbons (Fsp3) is 0.235. The van der Waals surface area contributed by atoms with E-state index < -0.39 is 0 Å². The van der Waals surface area contributed by atoms with Crippen LogP contribution in [0.2, 0.25) is 0 Å². The average Bonchev–Trinajstić information content (AvgIpc) is 3.31. The fourth-order valence-electron chi connectivity index (χ4n) is 2.48. The van der Waals surface area contributed by atoms with Crippen LogP contribution in [-0.2, 0) is 6.54 Å². The Morgan fingerprint density at radius 1 is 1.10 bits per heavy atom. The van der Waals surface area contributed by atoms with E-state index in [9.17, 15) is 5.26 Å². The second-order valence-electron chi connectivity index (χ2n) is 5.19. The van der Waals surface area contributed by atoms with E-state index >= 15 is 0 Å². The van der Waals surface area contributed by atoms with Gasteiger partial charge in [-0.2, -0.15) is 5.26 Å². The van der Waals surface area contributed by atoms with Crippen LogP contribution in [0, 0.1) is 11.3 Å². The minimum absolute atomic E-state index is 0.532. The third kappa shape index (κ3) is 2.46. The van der Waals surface area contributed by atoms with Crippen molar-refractivity contribution in [3.63, 3.8) is 0 Å². The minimum atomic E-state index is 0.532. The highest BCUT2D eigenvalue weighted by Gasteiger charge is 2.30. The second kappa shape index (κ2) is 5.26. The van der Waals surface area contributed by atoms with E-state index in [1.165, 1.54) is 12.8 Å². The maximum Gasteiger partial charge on any atom is 0.101 e. The first kappa shape index (κ1) is 12.6. The predicted molar refractivity (Wildman–Crippen MR) is 81.2 cm³/mol. The molecule has 0 spiro atoms. The summed E-state index contributed by atoms with van der Waals surface area (Å²) in [7, 11) is 0. The number of hydrogen-bond acceptors (Lipinski definition) is 3. The molecule has 0 aromatic heterocycles. The Hall–Kier alpha value is -2.47. The molecule has 1 fully saturated rings. The molecule has 0 aliphatic heterocycles. The quantitative estimate of drug-likeness (QED) is 0.861. The molecular weight excluding hydrogens is 246 g/mol. The Morgan fingerprint density at radius 2 is 1.80 bits per heavy atom. The van der Waals surface area contributed by atoms with Crippen molar-refractivity contribution in [1.29, 1.82) is 5.26 Å². The molecule has 1 aliphatic rings. The summed E-state index contributed by atoms with van der Waals surface area (Å²) in [5, 5.41) is 9.29. The van der Waals surface area contributed by atoms with Crippen molar-refractivity contribution in [2.24, 2.45) is 0 Å². The highest BCUT2D eigenvalue weighted by molar-refractivity contribution is 5.61. The minimum Gasteiger partial charge on any atom is -0.398 e. The lowest BCUT2D eigenvalue weighted by Gasteiger charge is -2.26. The molecular formula is C17H17N3. The molecule has 3 nitrogen and oxygen atoms in total. The predicted octanol–water partition coefficient (Wildman–Crippen LogP) is 3.31. The van der Waals surface area contributed by atoms with Crippen LogP contribution in [0.3, 0.4) is 0 Å². The molecule has 0 amide bonds. The van der Waals surface area contributed by atoms with Gasteiger partial charge in [-0.05, 0) is 36.6 Å². The first-order valence-corrected chi connectivity index (χ1v) is 6.89. The summed E-state index contributed by atoms with van der Waals surface area (Å²) in [4.78, 5) is 2.31. The average molecular weight is 263 g/mol. The number of nitrogen functional groups attached to an aromatic ring is 1. The summed E-state index contributed by atoms with van der Waals surface area (Å²) in [5.74, 6) is 0. The number of nitrogens with two attached hydrogens (primary N) is 1. The van der Waals surface area contributed by atoms with Gasteiger partial charge in [-0.15, -0.1) is 0 Å². The van der Waals surface area contributed by atoms with Crippen LogP contribution in [0.15, 0.2) is 48.5 Å². The van der Waals surface area contributed by atoms with E-state index in [4.69, 9.17) is 5.73 Å². The van der Waals surface area contributed by atoms with Crippen LogP contribution in [0.25, 0.3) is 0 Å². The zero-order valence-electron chi connectivity index (χ0n) is 11.3. The van der Waals surface area contributed by atoms with E-state index in [1.807, 2.05) is 42.5 Å². The number of anilines is 2. The molecule has 20 heavy (non-hydrogen) atoms. The van der Waals surface area contributed by atoms with E-state index in [2.05, 4.69) is 17.0 Å². The number of rotatable bonds is 4. The van der Waals surface area contributed by atoms with Gasteiger partial charge in [0.05, 0.1) is 11.3 Å². The third-order valence-electron chi connectivity index (χ3n) is 3.72. The number of nitriles is 1. The van der Waals surface area contributed by atoms with Crippen LogP contribution >= 0.6 is 0 Å². The van der Waals surface area contributed by atoms with Crippen molar-refractivity contribution in [2.45, 2.75) is 25.4 Å². The van der Waals surface area contributed by atoms with E-state index in [0.717, 1.165) is 29.0 Å². The monoisotopic (exact) mass is 263 g/mol. The molecule has 0 atom stereocenters. The highest BCUT2D eigenvalue weighted by atomic mass is 15.2. The van der Waals surface area contributed by atoms with Crippen molar-refractivity contribution in [3.05, 3.63) is 59.7 Å². The molecule has 2 N–H and O–H groups in total. The maximum absolute atomic E-state index is 9.29. The molecule has 0 heterocycles. The topological polar surface area (TPSA) is 53.0 Å². The van der Waals surface area contributed by atoms with Crippen LogP contribution in [0.1, 0.15) is 24.0 Å². The van der Waals surface area contributed by atoms with Crippen molar-refractivity contribution >= 4 is 11.4 Å². The Bertz CT molecular complexity index is 653. The Kier molecular flexibility index (Phi) is 3.30. The summed E-state index contributed by atoms with van der Waals surface area (Å²) in [6, 6.07) is 18.5. The van der Waals surface area contributed by atoms with Gasteiger partial charge in [-0.25, -0.2) is 0 Å².